The molecule has 0 spiro atoms. The number of ether oxygens (including phenoxy) is 1. The highest BCUT2D eigenvalue weighted by Crippen LogP contribution is 2.41. The minimum atomic E-state index is -3.85. The minimum absolute atomic E-state index is 0.0735. The Morgan fingerprint density at radius 1 is 1.18 bits per heavy atom. The molecule has 2 N–H and O–H groups in total. The Kier molecular flexibility index (Phi) is 6.32. The fourth-order valence-corrected chi connectivity index (χ4v) is 7.36. The summed E-state index contributed by atoms with van der Waals surface area (Å²) in [7, 11) is -2.38. The predicted molar refractivity (Wildman–Crippen MR) is 144 cm³/mol. The largest absolute Gasteiger partial charge is 0.466 e. The summed E-state index contributed by atoms with van der Waals surface area (Å²) < 4.78 is 36.6. The molecular weight excluding hydrogens is 540 g/mol. The van der Waals surface area contributed by atoms with Crippen LogP contribution in [0.25, 0.3) is 11.0 Å². The summed E-state index contributed by atoms with van der Waals surface area (Å²) >= 11 is 1.06. The van der Waals surface area contributed by atoms with Crippen LogP contribution in [0.3, 0.4) is 0 Å². The van der Waals surface area contributed by atoms with E-state index in [1.165, 1.54) is 31.6 Å². The molecule has 3 atom stereocenters. The standard InChI is InChI=1S/C25H24N8O4S2/c1-37-23-29-24(38-31-23)30-25(34)32-13-15-9-18(10-16(15)14-32)28-21-17(11-26)12-27-22-20(21)7-8-33(22)39(35,36)19-5-3-2-4-6-19/h2-8,12,15-16,18H,9-10,13-14H2,1H3,(H,27,28)(H,29,30,31,34)/t15-,16+,18?. The number of nitriles is 1. The third-order valence-corrected chi connectivity index (χ3v) is 9.59. The maximum atomic E-state index is 13.3. The molecule has 4 heterocycles. The van der Waals surface area contributed by atoms with Gasteiger partial charge in [0.25, 0.3) is 10.0 Å². The Morgan fingerprint density at radius 2 is 1.92 bits per heavy atom. The third kappa shape index (κ3) is 4.53. The van der Waals surface area contributed by atoms with Crippen LogP contribution < -0.4 is 15.4 Å². The molecule has 1 aromatic carbocycles. The number of benzene rings is 1. The van der Waals surface area contributed by atoms with E-state index in [4.69, 9.17) is 4.74 Å². The molecule has 14 heteroatoms. The second-order valence-electron chi connectivity index (χ2n) is 9.58. The van der Waals surface area contributed by atoms with Gasteiger partial charge in [-0.05, 0) is 42.9 Å². The van der Waals surface area contributed by atoms with Gasteiger partial charge in [-0.15, -0.1) is 4.37 Å². The highest BCUT2D eigenvalue weighted by molar-refractivity contribution is 7.90. The van der Waals surface area contributed by atoms with Gasteiger partial charge in [0.2, 0.25) is 5.13 Å². The van der Waals surface area contributed by atoms with Gasteiger partial charge in [0, 0.05) is 48.4 Å². The topological polar surface area (TPSA) is 155 Å². The Hall–Kier alpha value is -4.22. The van der Waals surface area contributed by atoms with Gasteiger partial charge in [0.05, 0.1) is 23.3 Å². The Bertz CT molecular complexity index is 1680. The van der Waals surface area contributed by atoms with Crippen LogP contribution in [0.1, 0.15) is 18.4 Å². The number of carbonyl (C=O) groups is 1. The number of methoxy groups -OCH3 is 1. The van der Waals surface area contributed by atoms with Gasteiger partial charge in [-0.3, -0.25) is 5.32 Å². The van der Waals surface area contributed by atoms with Gasteiger partial charge in [0.1, 0.15) is 6.07 Å². The van der Waals surface area contributed by atoms with E-state index in [1.54, 1.807) is 29.2 Å². The Labute approximate surface area is 228 Å². The van der Waals surface area contributed by atoms with Crippen LogP contribution in [0, 0.1) is 23.2 Å². The van der Waals surface area contributed by atoms with E-state index >= 15 is 0 Å². The zero-order valence-corrected chi connectivity index (χ0v) is 22.4. The zero-order chi connectivity index (χ0) is 27.1. The molecule has 39 heavy (non-hydrogen) atoms. The fourth-order valence-electron chi connectivity index (χ4n) is 5.51. The minimum Gasteiger partial charge on any atom is -0.466 e. The predicted octanol–water partition coefficient (Wildman–Crippen LogP) is 3.36. The van der Waals surface area contributed by atoms with Crippen LogP contribution in [0.15, 0.2) is 53.7 Å². The van der Waals surface area contributed by atoms with Crippen molar-refractivity contribution < 1.29 is 17.9 Å². The number of urea groups is 1. The lowest BCUT2D eigenvalue weighted by molar-refractivity contribution is 0.218. The second-order valence-corrected chi connectivity index (χ2v) is 12.1. The van der Waals surface area contributed by atoms with Crippen LogP contribution in [0.4, 0.5) is 15.6 Å². The van der Waals surface area contributed by atoms with Crippen molar-refractivity contribution in [1.29, 1.82) is 5.26 Å². The molecule has 1 saturated carbocycles. The van der Waals surface area contributed by atoms with Gasteiger partial charge in [-0.2, -0.15) is 10.2 Å². The molecule has 12 nitrogen and oxygen atoms in total. The average Bonchev–Trinajstić information content (AvgIpc) is 3.72. The first-order chi connectivity index (χ1) is 18.9. The number of pyridine rings is 1. The molecule has 2 aliphatic rings. The first-order valence-electron chi connectivity index (χ1n) is 12.3. The Balaban J connectivity index is 1.18. The number of anilines is 2. The highest BCUT2D eigenvalue weighted by atomic mass is 32.2. The number of hydrogen-bond acceptors (Lipinski definition) is 10. The molecule has 6 rings (SSSR count). The lowest BCUT2D eigenvalue weighted by Crippen LogP contribution is -2.34. The molecule has 1 saturated heterocycles. The van der Waals surface area contributed by atoms with Crippen molar-refractivity contribution >= 4 is 49.4 Å². The molecule has 200 valence electrons. The van der Waals surface area contributed by atoms with E-state index in [9.17, 15) is 18.5 Å². The summed E-state index contributed by atoms with van der Waals surface area (Å²) in [5, 5.41) is 17.0. The van der Waals surface area contributed by atoms with E-state index in [-0.39, 0.29) is 28.6 Å². The zero-order valence-electron chi connectivity index (χ0n) is 20.8. The SMILES string of the molecule is COc1nsc(NC(=O)N2C[C@H]3CC(Nc4c(C#N)cnc5c4ccn5S(=O)(=O)c4ccccc4)C[C@H]3C2)n1. The molecule has 4 aromatic rings. The maximum absolute atomic E-state index is 13.3. The maximum Gasteiger partial charge on any atom is 0.329 e. The van der Waals surface area contributed by atoms with Gasteiger partial charge in [-0.1, -0.05) is 18.2 Å². The van der Waals surface area contributed by atoms with Gasteiger partial charge in [0.15, 0.2) is 5.65 Å². The lowest BCUT2D eigenvalue weighted by atomic mass is 10.0. The van der Waals surface area contributed by atoms with Gasteiger partial charge >= 0.3 is 12.0 Å². The molecule has 3 aromatic heterocycles. The second kappa shape index (κ2) is 9.83. The van der Waals surface area contributed by atoms with Crippen molar-refractivity contribution in [3.05, 3.63) is 54.4 Å². The number of nitrogens with one attached hydrogen (secondary N) is 2. The van der Waals surface area contributed by atoms with Crippen LogP contribution >= 0.6 is 11.5 Å². The van der Waals surface area contributed by atoms with E-state index in [2.05, 4.69) is 31.0 Å². The van der Waals surface area contributed by atoms with E-state index < -0.39 is 10.0 Å². The molecule has 2 fully saturated rings. The first kappa shape index (κ1) is 25.1. The number of fused-ring (bicyclic) bond motifs is 2. The number of rotatable bonds is 6. The average molecular weight is 565 g/mol. The molecule has 1 unspecified atom stereocenters. The summed E-state index contributed by atoms with van der Waals surface area (Å²) in [6.07, 6.45) is 4.52. The van der Waals surface area contributed by atoms with Gasteiger partial charge < -0.3 is 15.0 Å². The highest BCUT2D eigenvalue weighted by Gasteiger charge is 2.43. The molecular formula is C25H24N8O4S2. The van der Waals surface area contributed by atoms with E-state index in [0.717, 1.165) is 28.3 Å². The van der Waals surface area contributed by atoms with Crippen LogP contribution in [-0.2, 0) is 10.0 Å². The summed E-state index contributed by atoms with van der Waals surface area (Å²) in [6.45, 7) is 1.24. The normalized spacial score (nSPS) is 20.5. The monoisotopic (exact) mass is 564 g/mol. The first-order valence-corrected chi connectivity index (χ1v) is 14.5. The van der Waals surface area contributed by atoms with E-state index in [0.29, 0.717) is 46.7 Å². The van der Waals surface area contributed by atoms with Crippen LogP contribution in [0.5, 0.6) is 6.01 Å². The number of amides is 2. The summed E-state index contributed by atoms with van der Waals surface area (Å²) in [5.74, 6) is 0.617. The molecule has 0 bridgehead atoms. The van der Waals surface area contributed by atoms with Crippen molar-refractivity contribution in [3.8, 4) is 12.1 Å². The van der Waals surface area contributed by atoms with E-state index in [1.807, 2.05) is 0 Å². The lowest BCUT2D eigenvalue weighted by Gasteiger charge is -2.21. The van der Waals surface area contributed by atoms with Crippen molar-refractivity contribution in [3.63, 3.8) is 0 Å². The number of aromatic nitrogens is 4. The summed E-state index contributed by atoms with van der Waals surface area (Å²) in [6, 6.07) is 12.1. The van der Waals surface area contributed by atoms with Crippen molar-refractivity contribution in [2.75, 3.05) is 30.8 Å². The van der Waals surface area contributed by atoms with Crippen molar-refractivity contribution in [2.24, 2.45) is 11.8 Å². The molecule has 1 aliphatic carbocycles. The van der Waals surface area contributed by atoms with Gasteiger partial charge in [-0.25, -0.2) is 22.2 Å². The number of likely N-dealkylation sites (tertiary alicyclic amines) is 1. The summed E-state index contributed by atoms with van der Waals surface area (Å²) in [5.41, 5.74) is 1.19. The number of nitrogens with zero attached hydrogens (tertiary/aromatic N) is 6. The van der Waals surface area contributed by atoms with Crippen molar-refractivity contribution in [1.82, 2.24) is 23.2 Å². The number of hydrogen-bond donors (Lipinski definition) is 2. The smallest absolute Gasteiger partial charge is 0.329 e. The molecule has 1 aliphatic heterocycles. The van der Waals surface area contributed by atoms with Crippen LogP contribution in [-0.4, -0.2) is 63.9 Å². The van der Waals surface area contributed by atoms with Crippen LogP contribution in [0.2, 0.25) is 0 Å². The Morgan fingerprint density at radius 3 is 2.59 bits per heavy atom. The molecule has 0 radical (unpaired) electrons. The molecule has 2 amide bonds. The number of carbonyl (C=O) groups excluding carboxylic acids is 1. The quantitative estimate of drug-likeness (QED) is 0.359. The fraction of sp³-hybridized carbons (Fsp3) is 0.320. The third-order valence-electron chi connectivity index (χ3n) is 7.29. The van der Waals surface area contributed by atoms with Crippen molar-refractivity contribution in [2.45, 2.75) is 23.8 Å². The summed E-state index contributed by atoms with van der Waals surface area (Å²) in [4.78, 5) is 23.1.